The first kappa shape index (κ1) is 14.5. The number of nitrogens with one attached hydrogen (secondary N) is 1. The van der Waals surface area contributed by atoms with E-state index in [0.29, 0.717) is 6.42 Å². The molecule has 0 aromatic carbocycles. The molecule has 0 radical (unpaired) electrons. The maximum absolute atomic E-state index is 12.0. The van der Waals surface area contributed by atoms with E-state index in [-0.39, 0.29) is 18.5 Å². The number of hydrogen-bond donors (Lipinski definition) is 1. The third-order valence-corrected chi connectivity index (χ3v) is 3.66. The predicted octanol–water partition coefficient (Wildman–Crippen LogP) is 4.52. The van der Waals surface area contributed by atoms with Crippen LogP contribution < -0.4 is 5.32 Å². The van der Waals surface area contributed by atoms with Gasteiger partial charge in [-0.05, 0) is 38.1 Å². The minimum atomic E-state index is -4.03. The van der Waals surface area contributed by atoms with E-state index in [0.717, 1.165) is 0 Å². The monoisotopic (exact) mass is 265 g/mol. The minimum absolute atomic E-state index is 0.106. The summed E-state index contributed by atoms with van der Waals surface area (Å²) in [6.45, 7) is 3.96. The lowest BCUT2D eigenvalue weighted by Crippen LogP contribution is -2.28. The van der Waals surface area contributed by atoms with Gasteiger partial charge in [-0.1, -0.05) is 6.07 Å². The van der Waals surface area contributed by atoms with Crippen LogP contribution in [0.15, 0.2) is 17.5 Å². The molecule has 0 aliphatic carbocycles. The highest BCUT2D eigenvalue weighted by molar-refractivity contribution is 7.10. The van der Waals surface area contributed by atoms with Gasteiger partial charge in [0.15, 0.2) is 0 Å². The molecule has 0 spiro atoms. The van der Waals surface area contributed by atoms with E-state index in [4.69, 9.17) is 0 Å². The summed E-state index contributed by atoms with van der Waals surface area (Å²) in [5, 5.41) is 5.31. The molecule has 0 aliphatic heterocycles. The van der Waals surface area contributed by atoms with Gasteiger partial charge in [0.05, 0.1) is 0 Å². The van der Waals surface area contributed by atoms with Crippen LogP contribution in [-0.4, -0.2) is 12.2 Å². The van der Waals surface area contributed by atoms with Crippen molar-refractivity contribution in [1.82, 2.24) is 5.32 Å². The molecule has 2 atom stereocenters. The normalized spacial score (nSPS) is 15.8. The first-order valence-corrected chi connectivity index (χ1v) is 6.62. The number of hydrogen-bond acceptors (Lipinski definition) is 2. The summed E-state index contributed by atoms with van der Waals surface area (Å²) in [6.07, 6.45) is -3.98. The summed E-state index contributed by atoms with van der Waals surface area (Å²) in [4.78, 5) is 1.22. The zero-order chi connectivity index (χ0) is 12.9. The number of halogens is 3. The van der Waals surface area contributed by atoms with E-state index in [1.54, 1.807) is 11.3 Å². The van der Waals surface area contributed by atoms with Crippen LogP contribution in [0.25, 0.3) is 0 Å². The van der Waals surface area contributed by atoms with Crippen molar-refractivity contribution in [3.8, 4) is 0 Å². The molecule has 1 heterocycles. The lowest BCUT2D eigenvalue weighted by atomic mass is 10.1. The van der Waals surface area contributed by atoms with E-state index >= 15 is 0 Å². The third kappa shape index (κ3) is 6.07. The lowest BCUT2D eigenvalue weighted by molar-refractivity contribution is -0.135. The average molecular weight is 265 g/mol. The van der Waals surface area contributed by atoms with Gasteiger partial charge >= 0.3 is 6.18 Å². The first-order valence-electron chi connectivity index (χ1n) is 5.74. The third-order valence-electron chi connectivity index (χ3n) is 2.60. The van der Waals surface area contributed by atoms with Gasteiger partial charge in [0.1, 0.15) is 0 Å². The fourth-order valence-corrected chi connectivity index (χ4v) is 2.48. The van der Waals surface area contributed by atoms with Gasteiger partial charge in [0.2, 0.25) is 0 Å². The smallest absolute Gasteiger partial charge is 0.307 e. The summed E-state index contributed by atoms with van der Waals surface area (Å²) < 4.78 is 35.9. The highest BCUT2D eigenvalue weighted by Gasteiger charge is 2.26. The van der Waals surface area contributed by atoms with Crippen LogP contribution in [0.3, 0.4) is 0 Å². The van der Waals surface area contributed by atoms with E-state index in [1.807, 2.05) is 31.4 Å². The molecule has 5 heteroatoms. The van der Waals surface area contributed by atoms with E-state index in [2.05, 4.69) is 5.32 Å². The fourth-order valence-electron chi connectivity index (χ4n) is 1.74. The fraction of sp³-hybridized carbons (Fsp3) is 0.667. The second kappa shape index (κ2) is 6.40. The van der Waals surface area contributed by atoms with Crippen LogP contribution in [0.1, 0.15) is 44.0 Å². The van der Waals surface area contributed by atoms with Gasteiger partial charge < -0.3 is 5.32 Å². The Labute approximate surface area is 104 Å². The summed E-state index contributed by atoms with van der Waals surface area (Å²) >= 11 is 1.66. The van der Waals surface area contributed by atoms with E-state index in [9.17, 15) is 13.2 Å². The molecule has 0 amide bonds. The first-order chi connectivity index (χ1) is 7.88. The van der Waals surface area contributed by atoms with Crippen molar-refractivity contribution in [2.75, 3.05) is 0 Å². The summed E-state index contributed by atoms with van der Waals surface area (Å²) in [5.74, 6) is 0. The van der Waals surface area contributed by atoms with Crippen LogP contribution in [0.5, 0.6) is 0 Å². The topological polar surface area (TPSA) is 12.0 Å². The Hall–Kier alpha value is -0.550. The summed E-state index contributed by atoms with van der Waals surface area (Å²) in [6, 6.07) is 4.32. The van der Waals surface area contributed by atoms with Crippen LogP contribution in [0.4, 0.5) is 13.2 Å². The highest BCUT2D eigenvalue weighted by Crippen LogP contribution is 2.23. The van der Waals surface area contributed by atoms with Gasteiger partial charge in [-0.2, -0.15) is 13.2 Å². The number of thiophene rings is 1. The number of rotatable bonds is 6. The molecule has 98 valence electrons. The quantitative estimate of drug-likeness (QED) is 0.797. The van der Waals surface area contributed by atoms with Gasteiger partial charge in [-0.3, -0.25) is 0 Å². The zero-order valence-corrected chi connectivity index (χ0v) is 10.9. The van der Waals surface area contributed by atoms with Crippen LogP contribution in [0.2, 0.25) is 0 Å². The van der Waals surface area contributed by atoms with E-state index < -0.39 is 12.6 Å². The Morgan fingerprint density at radius 1 is 1.35 bits per heavy atom. The second-order valence-electron chi connectivity index (χ2n) is 4.31. The Balaban J connectivity index is 2.23. The van der Waals surface area contributed by atoms with Crippen molar-refractivity contribution in [2.24, 2.45) is 0 Å². The molecule has 1 aromatic rings. The van der Waals surface area contributed by atoms with Crippen molar-refractivity contribution in [1.29, 1.82) is 0 Å². The van der Waals surface area contributed by atoms with Gasteiger partial charge in [-0.25, -0.2) is 0 Å². The van der Waals surface area contributed by atoms with E-state index in [1.165, 1.54) is 4.88 Å². The Kier molecular flexibility index (Phi) is 5.46. The molecule has 1 nitrogen and oxygen atoms in total. The van der Waals surface area contributed by atoms with Crippen molar-refractivity contribution in [3.63, 3.8) is 0 Å². The maximum atomic E-state index is 12.0. The molecule has 0 fully saturated rings. The standard InChI is InChI=1S/C12H18F3NS/c1-9(5-3-7-12(13,14)15)16-10(2)11-6-4-8-17-11/h4,6,8-10,16H,3,5,7H2,1-2H3/t9?,10-/m0/s1. The molecular weight excluding hydrogens is 247 g/mol. The molecule has 1 N–H and O–H groups in total. The molecule has 1 unspecified atom stereocenters. The van der Waals surface area contributed by atoms with Crippen molar-refractivity contribution >= 4 is 11.3 Å². The minimum Gasteiger partial charge on any atom is -0.307 e. The maximum Gasteiger partial charge on any atom is 0.389 e. The molecule has 1 rings (SSSR count). The van der Waals surface area contributed by atoms with Crippen LogP contribution in [-0.2, 0) is 0 Å². The highest BCUT2D eigenvalue weighted by atomic mass is 32.1. The molecule has 0 bridgehead atoms. The molecule has 0 saturated heterocycles. The van der Waals surface area contributed by atoms with Gasteiger partial charge in [0, 0.05) is 23.4 Å². The van der Waals surface area contributed by atoms with Gasteiger partial charge in [0.25, 0.3) is 0 Å². The lowest BCUT2D eigenvalue weighted by Gasteiger charge is -2.19. The zero-order valence-electron chi connectivity index (χ0n) is 10.1. The second-order valence-corrected chi connectivity index (χ2v) is 5.29. The van der Waals surface area contributed by atoms with Crippen LogP contribution >= 0.6 is 11.3 Å². The molecular formula is C12H18F3NS. The Bertz CT molecular complexity index is 308. The predicted molar refractivity (Wildman–Crippen MR) is 65.2 cm³/mol. The Morgan fingerprint density at radius 2 is 2.06 bits per heavy atom. The Morgan fingerprint density at radius 3 is 2.59 bits per heavy atom. The van der Waals surface area contributed by atoms with Crippen LogP contribution in [0, 0.1) is 0 Å². The van der Waals surface area contributed by atoms with Crippen molar-refractivity contribution in [2.45, 2.75) is 51.4 Å². The van der Waals surface area contributed by atoms with Crippen molar-refractivity contribution in [3.05, 3.63) is 22.4 Å². The molecule has 17 heavy (non-hydrogen) atoms. The largest absolute Gasteiger partial charge is 0.389 e. The average Bonchev–Trinajstić information content (AvgIpc) is 2.67. The molecule has 0 aliphatic rings. The van der Waals surface area contributed by atoms with Crippen molar-refractivity contribution < 1.29 is 13.2 Å². The number of alkyl halides is 3. The summed E-state index contributed by atoms with van der Waals surface area (Å²) in [5.41, 5.74) is 0. The molecule has 0 saturated carbocycles. The SMILES string of the molecule is CC(CCCC(F)(F)F)N[C@@H](C)c1cccs1. The molecule has 1 aromatic heterocycles. The summed E-state index contributed by atoms with van der Waals surface area (Å²) in [7, 11) is 0. The van der Waals surface area contributed by atoms with Gasteiger partial charge in [-0.15, -0.1) is 11.3 Å².